The first-order chi connectivity index (χ1) is 14.6. The highest BCUT2D eigenvalue weighted by molar-refractivity contribution is 6.03. The number of morpholine rings is 1. The zero-order valence-corrected chi connectivity index (χ0v) is 16.8. The van der Waals surface area contributed by atoms with E-state index in [1.165, 1.54) is 6.20 Å². The number of rotatable bonds is 3. The molecule has 0 radical (unpaired) electrons. The Bertz CT molecular complexity index is 1210. The Hall–Kier alpha value is -3.39. The molecule has 5 rings (SSSR count). The summed E-state index contributed by atoms with van der Waals surface area (Å²) in [6, 6.07) is 7.46. The minimum absolute atomic E-state index is 0.156. The van der Waals surface area contributed by atoms with Crippen LogP contribution in [0.4, 0.5) is 10.2 Å². The Balaban J connectivity index is 1.85. The Kier molecular flexibility index (Phi) is 4.63. The predicted molar refractivity (Wildman–Crippen MR) is 113 cm³/mol. The van der Waals surface area contributed by atoms with Gasteiger partial charge in [-0.05, 0) is 49.2 Å². The number of halogens is 1. The number of hydrogen-bond donors (Lipinski definition) is 1. The minimum Gasteiger partial charge on any atom is -0.377 e. The molecule has 1 aliphatic rings. The summed E-state index contributed by atoms with van der Waals surface area (Å²) in [6.45, 7) is 6.02. The van der Waals surface area contributed by atoms with Crippen LogP contribution in [0.1, 0.15) is 12.5 Å². The first-order valence-corrected chi connectivity index (χ1v) is 9.89. The van der Waals surface area contributed by atoms with Crippen molar-refractivity contribution < 1.29 is 9.13 Å². The van der Waals surface area contributed by atoms with E-state index in [1.54, 1.807) is 24.5 Å². The second kappa shape index (κ2) is 7.46. The summed E-state index contributed by atoms with van der Waals surface area (Å²) in [7, 11) is 0. The lowest BCUT2D eigenvalue weighted by Crippen LogP contribution is -2.44. The number of anilines is 1. The van der Waals surface area contributed by atoms with Crippen LogP contribution in [0.15, 0.2) is 42.9 Å². The number of hydrogen-bond acceptors (Lipinski definition) is 6. The minimum atomic E-state index is -0.509. The maximum absolute atomic E-state index is 14.8. The van der Waals surface area contributed by atoms with E-state index >= 15 is 0 Å². The molecule has 7 nitrogen and oxygen atoms in total. The lowest BCUT2D eigenvalue weighted by molar-refractivity contribution is 0.0986. The van der Waals surface area contributed by atoms with Crippen LogP contribution in [-0.2, 0) is 4.74 Å². The molecule has 4 aromatic rings. The van der Waals surface area contributed by atoms with E-state index in [1.807, 2.05) is 19.1 Å². The molecule has 152 valence electrons. The molecule has 1 aliphatic heterocycles. The number of ether oxygens (including phenoxy) is 1. The van der Waals surface area contributed by atoms with Gasteiger partial charge in [0.15, 0.2) is 0 Å². The van der Waals surface area contributed by atoms with Gasteiger partial charge in [-0.2, -0.15) is 9.49 Å². The van der Waals surface area contributed by atoms with Crippen molar-refractivity contribution >= 4 is 16.7 Å². The van der Waals surface area contributed by atoms with E-state index in [9.17, 15) is 4.39 Å². The maximum atomic E-state index is 14.8. The first-order valence-electron chi connectivity index (χ1n) is 9.89. The summed E-state index contributed by atoms with van der Waals surface area (Å²) < 4.78 is 20.4. The second-order valence-corrected chi connectivity index (χ2v) is 7.47. The number of nitrogens with one attached hydrogen (secondary N) is 1. The molecule has 4 aromatic heterocycles. The second-order valence-electron chi connectivity index (χ2n) is 7.47. The molecule has 0 aliphatic carbocycles. The lowest BCUT2D eigenvalue weighted by Gasteiger charge is -2.34. The molecule has 30 heavy (non-hydrogen) atoms. The number of fused-ring (bicyclic) bond motifs is 1. The first kappa shape index (κ1) is 18.6. The molecule has 8 heteroatoms. The topological polar surface area (TPSA) is 79.8 Å². The fourth-order valence-corrected chi connectivity index (χ4v) is 3.99. The quantitative estimate of drug-likeness (QED) is 0.524. The maximum Gasteiger partial charge on any atom is 0.220 e. The van der Waals surface area contributed by atoms with Gasteiger partial charge in [-0.25, -0.2) is 9.97 Å². The zero-order valence-electron chi connectivity index (χ0n) is 16.8. The van der Waals surface area contributed by atoms with Crippen LogP contribution in [0.3, 0.4) is 0 Å². The molecule has 1 fully saturated rings. The van der Waals surface area contributed by atoms with Crippen LogP contribution in [0.5, 0.6) is 0 Å². The van der Waals surface area contributed by atoms with Crippen molar-refractivity contribution in [1.29, 1.82) is 0 Å². The van der Waals surface area contributed by atoms with Gasteiger partial charge in [0.05, 0.1) is 24.9 Å². The molecule has 0 bridgehead atoms. The average Bonchev–Trinajstić information content (AvgIpc) is 3.29. The van der Waals surface area contributed by atoms with Crippen LogP contribution >= 0.6 is 0 Å². The smallest absolute Gasteiger partial charge is 0.220 e. The van der Waals surface area contributed by atoms with Gasteiger partial charge in [-0.15, -0.1) is 0 Å². The fraction of sp³-hybridized carbons (Fsp3) is 0.273. The summed E-state index contributed by atoms with van der Waals surface area (Å²) in [6.07, 6.45) is 4.92. The van der Waals surface area contributed by atoms with E-state index < -0.39 is 5.95 Å². The number of pyridine rings is 3. The van der Waals surface area contributed by atoms with E-state index in [-0.39, 0.29) is 6.04 Å². The van der Waals surface area contributed by atoms with Crippen LogP contribution in [0, 0.1) is 12.9 Å². The van der Waals surface area contributed by atoms with Crippen LogP contribution in [0.25, 0.3) is 33.4 Å². The van der Waals surface area contributed by atoms with Crippen LogP contribution < -0.4 is 4.90 Å². The van der Waals surface area contributed by atoms with Gasteiger partial charge >= 0.3 is 0 Å². The van der Waals surface area contributed by atoms with Crippen molar-refractivity contribution in [3.63, 3.8) is 0 Å². The number of aromatic nitrogens is 5. The Morgan fingerprint density at radius 2 is 2.10 bits per heavy atom. The van der Waals surface area contributed by atoms with Crippen molar-refractivity contribution in [1.82, 2.24) is 25.1 Å². The normalized spacial score (nSPS) is 16.9. The Morgan fingerprint density at radius 3 is 2.87 bits per heavy atom. The predicted octanol–water partition coefficient (Wildman–Crippen LogP) is 3.75. The molecular formula is C22H21FN6O. The number of nitrogens with zero attached hydrogens (tertiary/aromatic N) is 5. The largest absolute Gasteiger partial charge is 0.377 e. The molecule has 0 saturated carbocycles. The van der Waals surface area contributed by atoms with Gasteiger partial charge in [0.2, 0.25) is 5.95 Å². The highest BCUT2D eigenvalue weighted by atomic mass is 19.1. The van der Waals surface area contributed by atoms with Gasteiger partial charge < -0.3 is 9.64 Å². The Morgan fingerprint density at radius 1 is 1.20 bits per heavy atom. The molecular weight excluding hydrogens is 383 g/mol. The standard InChI is InChI=1S/C22H21FN6O/c1-13-11-25-20(17-5-7-26-28-17)21-19(13)16(15-4-3-6-24-22(15)23)10-18(27-21)29-8-9-30-12-14(29)2/h3-7,10-11,14H,8-9,12H2,1-2H3,(H,26,28). The highest BCUT2D eigenvalue weighted by Gasteiger charge is 2.24. The van der Waals surface area contributed by atoms with Crippen molar-refractivity contribution in [2.45, 2.75) is 19.9 Å². The van der Waals surface area contributed by atoms with E-state index in [2.05, 4.69) is 32.0 Å². The van der Waals surface area contributed by atoms with Gasteiger partial charge in [-0.3, -0.25) is 10.1 Å². The zero-order chi connectivity index (χ0) is 20.7. The van der Waals surface area contributed by atoms with E-state index in [0.29, 0.717) is 36.5 Å². The summed E-state index contributed by atoms with van der Waals surface area (Å²) in [5.74, 6) is 0.259. The van der Waals surface area contributed by atoms with Crippen LogP contribution in [-0.4, -0.2) is 50.9 Å². The third-order valence-electron chi connectivity index (χ3n) is 5.48. The Labute approximate surface area is 173 Å². The molecule has 5 heterocycles. The average molecular weight is 404 g/mol. The van der Waals surface area contributed by atoms with Crippen molar-refractivity contribution in [2.75, 3.05) is 24.7 Å². The van der Waals surface area contributed by atoms with E-state index in [4.69, 9.17) is 9.72 Å². The van der Waals surface area contributed by atoms with Crippen LogP contribution in [0.2, 0.25) is 0 Å². The summed E-state index contributed by atoms with van der Waals surface area (Å²) in [5, 5.41) is 7.88. The van der Waals surface area contributed by atoms with Gasteiger partial charge in [0, 0.05) is 36.1 Å². The number of aromatic amines is 1. The van der Waals surface area contributed by atoms with Gasteiger partial charge in [-0.1, -0.05) is 0 Å². The molecule has 0 spiro atoms. The molecule has 0 aromatic carbocycles. The summed E-state index contributed by atoms with van der Waals surface area (Å²) in [4.78, 5) is 15.7. The van der Waals surface area contributed by atoms with E-state index in [0.717, 1.165) is 28.0 Å². The molecule has 1 N–H and O–H groups in total. The number of H-pyrrole nitrogens is 1. The highest BCUT2D eigenvalue weighted by Crippen LogP contribution is 2.37. The number of aryl methyl sites for hydroxylation is 1. The SMILES string of the molecule is Cc1cnc(-c2ccn[nH]2)c2nc(N3CCOCC3C)cc(-c3cccnc3F)c12. The van der Waals surface area contributed by atoms with Gasteiger partial charge in [0.1, 0.15) is 17.0 Å². The third kappa shape index (κ3) is 3.09. The van der Waals surface area contributed by atoms with Crippen molar-refractivity contribution in [3.05, 3.63) is 54.4 Å². The molecule has 1 atom stereocenters. The molecule has 0 amide bonds. The molecule has 1 unspecified atom stereocenters. The lowest BCUT2D eigenvalue weighted by atomic mass is 9.98. The summed E-state index contributed by atoms with van der Waals surface area (Å²) >= 11 is 0. The van der Waals surface area contributed by atoms with Gasteiger partial charge in [0.25, 0.3) is 0 Å². The third-order valence-corrected chi connectivity index (χ3v) is 5.48. The fourth-order valence-electron chi connectivity index (χ4n) is 3.99. The molecule has 1 saturated heterocycles. The summed E-state index contributed by atoms with van der Waals surface area (Å²) in [5.41, 5.74) is 4.25. The van der Waals surface area contributed by atoms with Crippen molar-refractivity contribution in [2.24, 2.45) is 0 Å². The monoisotopic (exact) mass is 404 g/mol. The van der Waals surface area contributed by atoms with Crippen molar-refractivity contribution in [3.8, 4) is 22.5 Å².